The molecule has 0 saturated carbocycles. The Kier molecular flexibility index (Phi) is 6.82. The summed E-state index contributed by atoms with van der Waals surface area (Å²) in [7, 11) is 0. The highest BCUT2D eigenvalue weighted by molar-refractivity contribution is 5.96. The average Bonchev–Trinajstić information content (AvgIpc) is 2.86. The van der Waals surface area contributed by atoms with Gasteiger partial charge in [-0.25, -0.2) is 9.59 Å². The highest BCUT2D eigenvalue weighted by Crippen LogP contribution is 2.21. The van der Waals surface area contributed by atoms with E-state index in [0.717, 1.165) is 5.56 Å². The number of carbonyl (C=O) groups is 2. The van der Waals surface area contributed by atoms with Gasteiger partial charge in [-0.3, -0.25) is 14.9 Å². The van der Waals surface area contributed by atoms with E-state index in [0.29, 0.717) is 5.39 Å². The summed E-state index contributed by atoms with van der Waals surface area (Å²) in [5.41, 5.74) is -0.0524. The number of non-ortho nitro benzene ring substituents is 1. The molecular weight excluding hydrogens is 456 g/mol. The van der Waals surface area contributed by atoms with Crippen LogP contribution in [0.5, 0.6) is 11.5 Å². The minimum Gasteiger partial charge on any atom is -0.482 e. The number of nitrogens with one attached hydrogen (secondary N) is 1. The van der Waals surface area contributed by atoms with Crippen LogP contribution in [0.15, 0.2) is 88.1 Å². The maximum atomic E-state index is 12.4. The van der Waals surface area contributed by atoms with Gasteiger partial charge in [0.15, 0.2) is 6.61 Å². The number of carbonyl (C=O) groups excluding carboxylic acids is 2. The largest absolute Gasteiger partial charge is 0.482 e. The molecule has 0 fully saturated rings. The summed E-state index contributed by atoms with van der Waals surface area (Å²) in [4.78, 5) is 47.0. The molecule has 0 bridgehead atoms. The van der Waals surface area contributed by atoms with Crippen LogP contribution in [0, 0.1) is 10.1 Å². The molecule has 10 heteroatoms. The second-order valence-corrected chi connectivity index (χ2v) is 7.33. The molecule has 1 aromatic heterocycles. The first-order valence-electron chi connectivity index (χ1n) is 10.4. The van der Waals surface area contributed by atoms with Crippen LogP contribution in [0.4, 0.5) is 5.69 Å². The van der Waals surface area contributed by atoms with Crippen molar-refractivity contribution in [3.05, 3.63) is 111 Å². The van der Waals surface area contributed by atoms with Crippen molar-refractivity contribution in [2.75, 3.05) is 6.61 Å². The lowest BCUT2D eigenvalue weighted by molar-refractivity contribution is -0.384. The number of rotatable bonds is 8. The van der Waals surface area contributed by atoms with E-state index < -0.39 is 29.0 Å². The number of hydrogen-bond acceptors (Lipinski definition) is 8. The van der Waals surface area contributed by atoms with Gasteiger partial charge in [0.05, 0.1) is 4.92 Å². The quantitative estimate of drug-likeness (QED) is 0.134. The third-order valence-electron chi connectivity index (χ3n) is 4.88. The van der Waals surface area contributed by atoms with Crippen LogP contribution in [-0.2, 0) is 11.3 Å². The SMILES string of the molecule is O=C(COc1ccc([N+](=O)[O-])cc1)Oc1ccc2cc(C(=O)NCc3ccccc3)c(=O)oc2c1. The summed E-state index contributed by atoms with van der Waals surface area (Å²) in [5.74, 6) is -0.931. The minimum absolute atomic E-state index is 0.102. The fourth-order valence-electron chi connectivity index (χ4n) is 3.15. The van der Waals surface area contributed by atoms with Crippen molar-refractivity contribution >= 4 is 28.5 Å². The molecule has 0 atom stereocenters. The summed E-state index contributed by atoms with van der Waals surface area (Å²) in [5, 5.41) is 13.8. The molecule has 4 rings (SSSR count). The molecular formula is C25H18N2O8. The second-order valence-electron chi connectivity index (χ2n) is 7.33. The van der Waals surface area contributed by atoms with Crippen molar-refractivity contribution in [3.8, 4) is 11.5 Å². The van der Waals surface area contributed by atoms with Crippen molar-refractivity contribution < 1.29 is 28.4 Å². The zero-order chi connectivity index (χ0) is 24.8. The molecule has 0 saturated heterocycles. The molecule has 0 radical (unpaired) electrons. The zero-order valence-corrected chi connectivity index (χ0v) is 18.1. The van der Waals surface area contributed by atoms with Gasteiger partial charge in [-0.1, -0.05) is 30.3 Å². The lowest BCUT2D eigenvalue weighted by Crippen LogP contribution is -2.27. The molecule has 1 heterocycles. The predicted molar refractivity (Wildman–Crippen MR) is 124 cm³/mol. The van der Waals surface area contributed by atoms with Gasteiger partial charge in [0.25, 0.3) is 11.6 Å². The standard InChI is InChI=1S/C25H18N2O8/c28-23(15-33-19-10-7-18(8-11-19)27(31)32)34-20-9-6-17-12-21(25(30)35-22(17)13-20)24(29)26-14-16-4-2-1-3-5-16/h1-13H,14-15H2,(H,26,29). The van der Waals surface area contributed by atoms with Crippen LogP contribution in [0.3, 0.4) is 0 Å². The van der Waals surface area contributed by atoms with Crippen LogP contribution in [0.1, 0.15) is 15.9 Å². The second kappa shape index (κ2) is 10.3. The Labute approximate surface area is 197 Å². The fraction of sp³-hybridized carbons (Fsp3) is 0.0800. The van der Waals surface area contributed by atoms with Crippen molar-refractivity contribution in [2.24, 2.45) is 0 Å². The Bertz CT molecular complexity index is 1450. The van der Waals surface area contributed by atoms with Gasteiger partial charge in [0.1, 0.15) is 22.6 Å². The van der Waals surface area contributed by atoms with Crippen LogP contribution < -0.4 is 20.4 Å². The van der Waals surface area contributed by atoms with Gasteiger partial charge < -0.3 is 19.2 Å². The zero-order valence-electron chi connectivity index (χ0n) is 18.1. The number of nitro benzene ring substituents is 1. The van der Waals surface area contributed by atoms with E-state index in [1.165, 1.54) is 42.5 Å². The van der Waals surface area contributed by atoms with Crippen molar-refractivity contribution in [1.29, 1.82) is 0 Å². The van der Waals surface area contributed by atoms with Crippen LogP contribution >= 0.6 is 0 Å². The smallest absolute Gasteiger partial charge is 0.349 e. The first kappa shape index (κ1) is 23.2. The Balaban J connectivity index is 1.39. The first-order chi connectivity index (χ1) is 16.9. The topological polar surface area (TPSA) is 138 Å². The maximum absolute atomic E-state index is 12.4. The summed E-state index contributed by atoms with van der Waals surface area (Å²) in [6.45, 7) is -0.186. The summed E-state index contributed by atoms with van der Waals surface area (Å²) in [6.07, 6.45) is 0. The summed E-state index contributed by atoms with van der Waals surface area (Å²) in [6, 6.07) is 20.3. The summed E-state index contributed by atoms with van der Waals surface area (Å²) >= 11 is 0. The Morgan fingerprint density at radius 1 is 0.943 bits per heavy atom. The number of esters is 1. The van der Waals surface area contributed by atoms with Gasteiger partial charge in [-0.15, -0.1) is 0 Å². The van der Waals surface area contributed by atoms with E-state index in [1.54, 1.807) is 6.07 Å². The Morgan fingerprint density at radius 2 is 1.66 bits per heavy atom. The molecule has 1 N–H and O–H groups in total. The molecule has 10 nitrogen and oxygen atoms in total. The van der Waals surface area contributed by atoms with Crippen LogP contribution in [0.25, 0.3) is 11.0 Å². The lowest BCUT2D eigenvalue weighted by Gasteiger charge is -2.08. The highest BCUT2D eigenvalue weighted by atomic mass is 16.6. The molecule has 1 amide bonds. The number of nitro groups is 1. The van der Waals surface area contributed by atoms with Gasteiger partial charge >= 0.3 is 11.6 Å². The summed E-state index contributed by atoms with van der Waals surface area (Å²) < 4.78 is 15.7. The van der Waals surface area contributed by atoms with E-state index in [1.807, 2.05) is 30.3 Å². The molecule has 4 aromatic rings. The van der Waals surface area contributed by atoms with E-state index in [9.17, 15) is 24.5 Å². The number of fused-ring (bicyclic) bond motifs is 1. The predicted octanol–water partition coefficient (Wildman–Crippen LogP) is 3.62. The van der Waals surface area contributed by atoms with Crippen molar-refractivity contribution in [2.45, 2.75) is 6.54 Å². The number of nitrogens with zero attached hydrogens (tertiary/aromatic N) is 1. The fourth-order valence-corrected chi connectivity index (χ4v) is 3.15. The molecule has 176 valence electrons. The molecule has 0 unspecified atom stereocenters. The highest BCUT2D eigenvalue weighted by Gasteiger charge is 2.15. The van der Waals surface area contributed by atoms with Gasteiger partial charge in [0, 0.05) is 30.1 Å². The third-order valence-corrected chi connectivity index (χ3v) is 4.88. The van der Waals surface area contributed by atoms with Gasteiger partial charge in [-0.05, 0) is 35.9 Å². The van der Waals surface area contributed by atoms with E-state index in [4.69, 9.17) is 13.9 Å². The monoisotopic (exact) mass is 474 g/mol. The van der Waals surface area contributed by atoms with E-state index in [-0.39, 0.29) is 34.9 Å². The molecule has 0 aliphatic rings. The van der Waals surface area contributed by atoms with E-state index in [2.05, 4.69) is 5.32 Å². The van der Waals surface area contributed by atoms with Crippen molar-refractivity contribution in [1.82, 2.24) is 5.32 Å². The Morgan fingerprint density at radius 3 is 2.37 bits per heavy atom. The minimum atomic E-state index is -0.826. The van der Waals surface area contributed by atoms with Crippen LogP contribution in [0.2, 0.25) is 0 Å². The molecule has 35 heavy (non-hydrogen) atoms. The van der Waals surface area contributed by atoms with Gasteiger partial charge in [0.2, 0.25) is 0 Å². The number of ether oxygens (including phenoxy) is 2. The Hall–Kier alpha value is -4.99. The van der Waals surface area contributed by atoms with Gasteiger partial charge in [-0.2, -0.15) is 0 Å². The molecule has 0 spiro atoms. The molecule has 0 aliphatic carbocycles. The lowest BCUT2D eigenvalue weighted by atomic mass is 10.1. The van der Waals surface area contributed by atoms with Crippen molar-refractivity contribution in [3.63, 3.8) is 0 Å². The number of hydrogen-bond donors (Lipinski definition) is 1. The number of amides is 1. The first-order valence-corrected chi connectivity index (χ1v) is 10.4. The number of benzene rings is 3. The third kappa shape index (κ3) is 5.88. The van der Waals surface area contributed by atoms with E-state index >= 15 is 0 Å². The molecule has 3 aromatic carbocycles. The maximum Gasteiger partial charge on any atom is 0.349 e. The normalized spacial score (nSPS) is 10.5. The van der Waals surface area contributed by atoms with Crippen LogP contribution in [-0.4, -0.2) is 23.4 Å². The average molecular weight is 474 g/mol. The molecule has 0 aliphatic heterocycles.